The predicted molar refractivity (Wildman–Crippen MR) is 86.1 cm³/mol. The summed E-state index contributed by atoms with van der Waals surface area (Å²) in [6.07, 6.45) is 10.4. The Kier molecular flexibility index (Phi) is 5.62. The van der Waals surface area contributed by atoms with Crippen LogP contribution in [0, 0.1) is 11.8 Å². The first-order valence-electron chi connectivity index (χ1n) is 8.41. The lowest BCUT2D eigenvalue weighted by molar-refractivity contribution is -0.126. The molecule has 22 heavy (non-hydrogen) atoms. The van der Waals surface area contributed by atoms with Crippen LogP contribution in [0.25, 0.3) is 0 Å². The van der Waals surface area contributed by atoms with Crippen molar-refractivity contribution in [1.82, 2.24) is 15.1 Å². The molecular formula is C17H29N3O2. The number of hydrogen-bond donors (Lipinski definition) is 2. The van der Waals surface area contributed by atoms with E-state index in [1.54, 1.807) is 24.0 Å². The first-order chi connectivity index (χ1) is 10.4. The van der Waals surface area contributed by atoms with Gasteiger partial charge in [0, 0.05) is 24.7 Å². The minimum absolute atomic E-state index is 0.0628. The van der Waals surface area contributed by atoms with Gasteiger partial charge in [0.05, 0.1) is 12.7 Å². The lowest BCUT2D eigenvalue weighted by atomic mass is 9.90. The molecule has 1 heterocycles. The number of carbonyl (C=O) groups excluding carboxylic acids is 1. The van der Waals surface area contributed by atoms with E-state index in [1.165, 1.54) is 25.7 Å². The zero-order valence-corrected chi connectivity index (χ0v) is 14.0. The Hall–Kier alpha value is -1.36. The Bertz CT molecular complexity index is 490. The molecule has 0 spiro atoms. The Balaban J connectivity index is 1.87. The summed E-state index contributed by atoms with van der Waals surface area (Å²) in [6, 6.07) is 0. The van der Waals surface area contributed by atoms with Crippen molar-refractivity contribution in [2.45, 2.75) is 58.0 Å². The third-order valence-corrected chi connectivity index (χ3v) is 4.89. The number of nitrogens with zero attached hydrogens (tertiary/aromatic N) is 2. The highest BCUT2D eigenvalue weighted by molar-refractivity contribution is 5.78. The smallest absolute Gasteiger partial charge is 0.223 e. The lowest BCUT2D eigenvalue weighted by Gasteiger charge is -2.25. The van der Waals surface area contributed by atoms with Crippen molar-refractivity contribution in [2.75, 3.05) is 6.54 Å². The van der Waals surface area contributed by atoms with Gasteiger partial charge in [-0.2, -0.15) is 5.10 Å². The molecule has 2 unspecified atom stereocenters. The summed E-state index contributed by atoms with van der Waals surface area (Å²) in [4.78, 5) is 12.4. The van der Waals surface area contributed by atoms with Crippen LogP contribution in [0.1, 0.15) is 57.9 Å². The molecule has 2 N–H and O–H groups in total. The van der Waals surface area contributed by atoms with Gasteiger partial charge in [-0.25, -0.2) is 0 Å². The molecule has 1 aliphatic carbocycles. The average molecular weight is 307 g/mol. The van der Waals surface area contributed by atoms with Crippen LogP contribution >= 0.6 is 0 Å². The molecule has 5 heteroatoms. The molecule has 0 radical (unpaired) electrons. The summed E-state index contributed by atoms with van der Waals surface area (Å²) < 4.78 is 1.65. The van der Waals surface area contributed by atoms with Crippen LogP contribution in [0.2, 0.25) is 0 Å². The number of nitrogens with one attached hydrogen (secondary N) is 1. The average Bonchev–Trinajstić information content (AvgIpc) is 3.13. The van der Waals surface area contributed by atoms with Crippen molar-refractivity contribution in [3.63, 3.8) is 0 Å². The van der Waals surface area contributed by atoms with Crippen LogP contribution in [0.4, 0.5) is 0 Å². The van der Waals surface area contributed by atoms with Gasteiger partial charge in [-0.05, 0) is 25.7 Å². The van der Waals surface area contributed by atoms with Crippen molar-refractivity contribution in [2.24, 2.45) is 18.9 Å². The molecule has 0 saturated heterocycles. The maximum Gasteiger partial charge on any atom is 0.223 e. The topological polar surface area (TPSA) is 67.2 Å². The van der Waals surface area contributed by atoms with E-state index < -0.39 is 5.60 Å². The van der Waals surface area contributed by atoms with E-state index in [0.717, 1.165) is 18.4 Å². The van der Waals surface area contributed by atoms with E-state index in [1.807, 2.05) is 7.05 Å². The Morgan fingerprint density at radius 1 is 1.55 bits per heavy atom. The molecule has 2 rings (SSSR count). The van der Waals surface area contributed by atoms with Crippen LogP contribution in [0.3, 0.4) is 0 Å². The van der Waals surface area contributed by atoms with E-state index in [9.17, 15) is 9.90 Å². The summed E-state index contributed by atoms with van der Waals surface area (Å²) in [5.74, 6) is 0.834. The third-order valence-electron chi connectivity index (χ3n) is 4.89. The maximum absolute atomic E-state index is 12.4. The van der Waals surface area contributed by atoms with Gasteiger partial charge in [-0.1, -0.05) is 32.6 Å². The SMILES string of the molecule is CCC(CC1CCCC1)C(=O)NCC(C)(O)c1cnn(C)c1. The molecule has 1 saturated carbocycles. The number of aryl methyl sites for hydroxylation is 1. The fraction of sp³-hybridized carbons (Fsp3) is 0.765. The van der Waals surface area contributed by atoms with Crippen LogP contribution in [0.15, 0.2) is 12.4 Å². The lowest BCUT2D eigenvalue weighted by Crippen LogP contribution is -2.41. The van der Waals surface area contributed by atoms with Gasteiger partial charge >= 0.3 is 0 Å². The van der Waals surface area contributed by atoms with Gasteiger partial charge < -0.3 is 10.4 Å². The molecule has 2 atom stereocenters. The highest BCUT2D eigenvalue weighted by Gasteiger charge is 2.28. The number of amides is 1. The number of rotatable bonds is 7. The third kappa shape index (κ3) is 4.32. The maximum atomic E-state index is 12.4. The number of hydrogen-bond acceptors (Lipinski definition) is 3. The van der Waals surface area contributed by atoms with Crippen LogP contribution in [0.5, 0.6) is 0 Å². The molecule has 0 aromatic carbocycles. The molecule has 1 amide bonds. The Morgan fingerprint density at radius 3 is 2.77 bits per heavy atom. The van der Waals surface area contributed by atoms with Crippen molar-refractivity contribution in [3.8, 4) is 0 Å². The fourth-order valence-electron chi connectivity index (χ4n) is 3.31. The summed E-state index contributed by atoms with van der Waals surface area (Å²) in [6.45, 7) is 4.00. The van der Waals surface area contributed by atoms with E-state index in [2.05, 4.69) is 17.3 Å². The molecule has 1 fully saturated rings. The normalized spacial score (nSPS) is 19.8. The number of carbonyl (C=O) groups is 1. The Labute approximate surface area is 133 Å². The van der Waals surface area contributed by atoms with Crippen LogP contribution in [-0.4, -0.2) is 27.3 Å². The van der Waals surface area contributed by atoms with E-state index in [0.29, 0.717) is 5.92 Å². The Morgan fingerprint density at radius 2 is 2.23 bits per heavy atom. The second kappa shape index (κ2) is 7.27. The van der Waals surface area contributed by atoms with Crippen molar-refractivity contribution < 1.29 is 9.90 Å². The molecular weight excluding hydrogens is 278 g/mol. The van der Waals surface area contributed by atoms with Crippen LogP contribution in [-0.2, 0) is 17.4 Å². The number of aliphatic hydroxyl groups is 1. The minimum atomic E-state index is -1.09. The molecule has 1 aromatic heterocycles. The van der Waals surface area contributed by atoms with Gasteiger partial charge in [-0.3, -0.25) is 9.48 Å². The van der Waals surface area contributed by atoms with Gasteiger partial charge in [0.15, 0.2) is 0 Å². The molecule has 124 valence electrons. The minimum Gasteiger partial charge on any atom is -0.383 e. The summed E-state index contributed by atoms with van der Waals surface area (Å²) >= 11 is 0. The zero-order valence-electron chi connectivity index (χ0n) is 14.0. The van der Waals surface area contributed by atoms with E-state index >= 15 is 0 Å². The molecule has 1 aliphatic rings. The van der Waals surface area contributed by atoms with Gasteiger partial charge in [-0.15, -0.1) is 0 Å². The summed E-state index contributed by atoms with van der Waals surface area (Å²) in [5.41, 5.74) is -0.366. The largest absolute Gasteiger partial charge is 0.383 e. The van der Waals surface area contributed by atoms with Crippen LogP contribution < -0.4 is 5.32 Å². The van der Waals surface area contributed by atoms with Gasteiger partial charge in [0.25, 0.3) is 0 Å². The molecule has 5 nitrogen and oxygen atoms in total. The van der Waals surface area contributed by atoms with Crippen molar-refractivity contribution >= 4 is 5.91 Å². The van der Waals surface area contributed by atoms with Gasteiger partial charge in [0.1, 0.15) is 5.60 Å². The second-order valence-electron chi connectivity index (χ2n) is 6.89. The second-order valence-corrected chi connectivity index (χ2v) is 6.89. The van der Waals surface area contributed by atoms with E-state index in [-0.39, 0.29) is 18.4 Å². The fourth-order valence-corrected chi connectivity index (χ4v) is 3.31. The molecule has 1 aromatic rings. The van der Waals surface area contributed by atoms with Crippen molar-refractivity contribution in [1.29, 1.82) is 0 Å². The molecule has 0 bridgehead atoms. The summed E-state index contributed by atoms with van der Waals surface area (Å²) in [7, 11) is 1.81. The monoisotopic (exact) mass is 307 g/mol. The zero-order chi connectivity index (χ0) is 16.2. The standard InChI is InChI=1S/C17H29N3O2/c1-4-14(9-13-7-5-6-8-13)16(21)18-12-17(2,22)15-10-19-20(3)11-15/h10-11,13-14,22H,4-9,12H2,1-3H3,(H,18,21). The van der Waals surface area contributed by atoms with E-state index in [4.69, 9.17) is 0 Å². The van der Waals surface area contributed by atoms with Gasteiger partial charge in [0.2, 0.25) is 5.91 Å². The first-order valence-corrected chi connectivity index (χ1v) is 8.41. The quantitative estimate of drug-likeness (QED) is 0.812. The predicted octanol–water partition coefficient (Wildman–Crippen LogP) is 2.35. The summed E-state index contributed by atoms with van der Waals surface area (Å²) in [5, 5.41) is 17.5. The van der Waals surface area contributed by atoms with Crippen molar-refractivity contribution in [3.05, 3.63) is 18.0 Å². The highest BCUT2D eigenvalue weighted by Crippen LogP contribution is 2.31. The molecule has 0 aliphatic heterocycles. The highest BCUT2D eigenvalue weighted by atomic mass is 16.3. The first kappa shape index (κ1) is 17.0. The number of aromatic nitrogens is 2.